The summed E-state index contributed by atoms with van der Waals surface area (Å²) in [5.41, 5.74) is 1.20. The van der Waals surface area contributed by atoms with Gasteiger partial charge in [0, 0.05) is 25.1 Å². The maximum absolute atomic E-state index is 4.32. The Morgan fingerprint density at radius 2 is 2.06 bits per heavy atom. The maximum Gasteiger partial charge on any atom is 0.145 e. The van der Waals surface area contributed by atoms with Gasteiger partial charge in [-0.05, 0) is 31.5 Å². The van der Waals surface area contributed by atoms with Crippen molar-refractivity contribution in [3.8, 4) is 0 Å². The number of hydrogen-bond donors (Lipinski definition) is 1. The zero-order valence-corrected chi connectivity index (χ0v) is 10.9. The Balaban J connectivity index is 2.11. The van der Waals surface area contributed by atoms with Gasteiger partial charge in [-0.2, -0.15) is 5.10 Å². The molecule has 2 heterocycles. The topological polar surface area (TPSA) is 55.6 Å². The molecule has 18 heavy (non-hydrogen) atoms. The van der Waals surface area contributed by atoms with Crippen molar-refractivity contribution in [2.75, 3.05) is 6.54 Å². The van der Waals surface area contributed by atoms with Crippen molar-refractivity contribution < 1.29 is 0 Å². The largest absolute Gasteiger partial charge is 0.307 e. The Labute approximate surface area is 107 Å². The fraction of sp³-hybridized carbons (Fsp3) is 0.462. The summed E-state index contributed by atoms with van der Waals surface area (Å²) in [5, 5.41) is 7.70. The van der Waals surface area contributed by atoms with E-state index in [1.165, 1.54) is 5.56 Å². The molecule has 2 aromatic rings. The van der Waals surface area contributed by atoms with Crippen molar-refractivity contribution >= 4 is 0 Å². The van der Waals surface area contributed by atoms with Crippen LogP contribution in [0, 0.1) is 0 Å². The summed E-state index contributed by atoms with van der Waals surface area (Å²) in [5.74, 6) is 0.837. The zero-order valence-electron chi connectivity index (χ0n) is 10.9. The van der Waals surface area contributed by atoms with Crippen LogP contribution in [0.2, 0.25) is 0 Å². The summed E-state index contributed by atoms with van der Waals surface area (Å²) < 4.78 is 1.93. The molecule has 0 aromatic carbocycles. The zero-order chi connectivity index (χ0) is 12.8. The Morgan fingerprint density at radius 1 is 1.28 bits per heavy atom. The van der Waals surface area contributed by atoms with E-state index in [1.54, 1.807) is 12.4 Å². The number of rotatable bonds is 6. The second-order valence-corrected chi connectivity index (χ2v) is 4.13. The van der Waals surface area contributed by atoms with Gasteiger partial charge in [0.25, 0.3) is 0 Å². The SMILES string of the molecule is CCNC(Cc1cnn(CC)c1)c1ncccn1. The molecular formula is C13H19N5. The van der Waals surface area contributed by atoms with Crippen LogP contribution in [0.1, 0.15) is 31.3 Å². The molecule has 5 heteroatoms. The second kappa shape index (κ2) is 6.26. The van der Waals surface area contributed by atoms with Crippen molar-refractivity contribution in [1.29, 1.82) is 0 Å². The van der Waals surface area contributed by atoms with Crippen molar-refractivity contribution in [3.05, 3.63) is 42.2 Å². The molecule has 2 rings (SSSR count). The standard InChI is InChI=1S/C13H19N5/c1-3-14-12(13-15-6-5-7-16-13)8-11-9-17-18(4-2)10-11/h5-7,9-10,12,14H,3-4,8H2,1-2H3. The van der Waals surface area contributed by atoms with Crippen molar-refractivity contribution in [2.24, 2.45) is 0 Å². The van der Waals surface area contributed by atoms with Crippen LogP contribution < -0.4 is 5.32 Å². The van der Waals surface area contributed by atoms with Crippen molar-refractivity contribution in [1.82, 2.24) is 25.1 Å². The molecule has 0 radical (unpaired) electrons. The van der Waals surface area contributed by atoms with Gasteiger partial charge in [-0.15, -0.1) is 0 Å². The van der Waals surface area contributed by atoms with Gasteiger partial charge in [-0.25, -0.2) is 9.97 Å². The molecular weight excluding hydrogens is 226 g/mol. The average Bonchev–Trinajstić information content (AvgIpc) is 2.87. The van der Waals surface area contributed by atoms with E-state index in [0.717, 1.165) is 25.3 Å². The van der Waals surface area contributed by atoms with E-state index in [-0.39, 0.29) is 6.04 Å². The Hall–Kier alpha value is -1.75. The normalized spacial score (nSPS) is 12.6. The smallest absolute Gasteiger partial charge is 0.145 e. The lowest BCUT2D eigenvalue weighted by Gasteiger charge is -2.15. The first-order valence-electron chi connectivity index (χ1n) is 6.35. The number of nitrogens with zero attached hydrogens (tertiary/aromatic N) is 4. The Kier molecular flexibility index (Phi) is 4.41. The van der Waals surface area contributed by atoms with Crippen molar-refractivity contribution in [3.63, 3.8) is 0 Å². The van der Waals surface area contributed by atoms with Gasteiger partial charge in [-0.1, -0.05) is 6.92 Å². The molecule has 0 spiro atoms. The van der Waals surface area contributed by atoms with E-state index in [1.807, 2.05) is 16.9 Å². The molecule has 1 atom stereocenters. The van der Waals surface area contributed by atoms with Crippen LogP contribution in [0.25, 0.3) is 0 Å². The van der Waals surface area contributed by atoms with E-state index in [4.69, 9.17) is 0 Å². The van der Waals surface area contributed by atoms with Crippen molar-refractivity contribution in [2.45, 2.75) is 32.9 Å². The first-order valence-corrected chi connectivity index (χ1v) is 6.35. The van der Waals surface area contributed by atoms with Crippen LogP contribution >= 0.6 is 0 Å². The summed E-state index contributed by atoms with van der Waals surface area (Å²) in [4.78, 5) is 8.64. The second-order valence-electron chi connectivity index (χ2n) is 4.13. The minimum absolute atomic E-state index is 0.144. The predicted molar refractivity (Wildman–Crippen MR) is 70.1 cm³/mol. The summed E-state index contributed by atoms with van der Waals surface area (Å²) >= 11 is 0. The third-order valence-electron chi connectivity index (χ3n) is 2.80. The quantitative estimate of drug-likeness (QED) is 0.839. The average molecular weight is 245 g/mol. The predicted octanol–water partition coefficient (Wildman–Crippen LogP) is 1.59. The van der Waals surface area contributed by atoms with E-state index in [0.29, 0.717) is 0 Å². The molecule has 0 aliphatic heterocycles. The Morgan fingerprint density at radius 3 is 2.67 bits per heavy atom. The van der Waals surface area contributed by atoms with Gasteiger partial charge in [0.1, 0.15) is 5.82 Å². The van der Waals surface area contributed by atoms with Crippen LogP contribution in [0.15, 0.2) is 30.9 Å². The fourth-order valence-corrected chi connectivity index (χ4v) is 1.91. The summed E-state index contributed by atoms with van der Waals surface area (Å²) in [6.07, 6.45) is 8.41. The lowest BCUT2D eigenvalue weighted by molar-refractivity contribution is 0.521. The van der Waals surface area contributed by atoms with Crippen LogP contribution in [0.5, 0.6) is 0 Å². The summed E-state index contributed by atoms with van der Waals surface area (Å²) in [6.45, 7) is 5.96. The van der Waals surface area contributed by atoms with Gasteiger partial charge in [-0.3, -0.25) is 4.68 Å². The van der Waals surface area contributed by atoms with E-state index >= 15 is 0 Å². The molecule has 0 fully saturated rings. The first-order chi connectivity index (χ1) is 8.83. The molecule has 0 bridgehead atoms. The molecule has 1 unspecified atom stereocenters. The van der Waals surface area contributed by atoms with Gasteiger partial charge < -0.3 is 5.32 Å². The molecule has 0 aliphatic rings. The van der Waals surface area contributed by atoms with E-state index in [9.17, 15) is 0 Å². The van der Waals surface area contributed by atoms with Crippen LogP contribution in [-0.4, -0.2) is 26.3 Å². The number of likely N-dealkylation sites (N-methyl/N-ethyl adjacent to an activating group) is 1. The molecule has 0 saturated heterocycles. The maximum atomic E-state index is 4.32. The highest BCUT2D eigenvalue weighted by molar-refractivity contribution is 5.09. The summed E-state index contributed by atoms with van der Waals surface area (Å²) in [6, 6.07) is 1.98. The molecule has 0 aliphatic carbocycles. The number of nitrogens with one attached hydrogen (secondary N) is 1. The molecule has 1 N–H and O–H groups in total. The highest BCUT2D eigenvalue weighted by Crippen LogP contribution is 2.14. The third kappa shape index (κ3) is 3.13. The van der Waals surface area contributed by atoms with E-state index < -0.39 is 0 Å². The number of hydrogen-bond acceptors (Lipinski definition) is 4. The number of aryl methyl sites for hydroxylation is 1. The fourth-order valence-electron chi connectivity index (χ4n) is 1.91. The molecule has 0 saturated carbocycles. The van der Waals surface area contributed by atoms with Gasteiger partial charge in [0.05, 0.1) is 12.2 Å². The number of aromatic nitrogens is 4. The monoisotopic (exact) mass is 245 g/mol. The van der Waals surface area contributed by atoms with Gasteiger partial charge in [0.15, 0.2) is 0 Å². The third-order valence-corrected chi connectivity index (χ3v) is 2.80. The highest BCUT2D eigenvalue weighted by atomic mass is 15.3. The van der Waals surface area contributed by atoms with Gasteiger partial charge >= 0.3 is 0 Å². The minimum atomic E-state index is 0.144. The van der Waals surface area contributed by atoms with Gasteiger partial charge in [0.2, 0.25) is 0 Å². The Bertz CT molecular complexity index is 465. The molecule has 2 aromatic heterocycles. The first kappa shape index (κ1) is 12.7. The van der Waals surface area contributed by atoms with Crippen LogP contribution in [0.3, 0.4) is 0 Å². The van der Waals surface area contributed by atoms with Crippen LogP contribution in [0.4, 0.5) is 0 Å². The van der Waals surface area contributed by atoms with Crippen LogP contribution in [-0.2, 0) is 13.0 Å². The lowest BCUT2D eigenvalue weighted by atomic mass is 10.1. The molecule has 0 amide bonds. The lowest BCUT2D eigenvalue weighted by Crippen LogP contribution is -2.24. The summed E-state index contributed by atoms with van der Waals surface area (Å²) in [7, 11) is 0. The molecule has 5 nitrogen and oxygen atoms in total. The molecule has 96 valence electrons. The van der Waals surface area contributed by atoms with E-state index in [2.05, 4.69) is 40.4 Å². The minimum Gasteiger partial charge on any atom is -0.307 e. The highest BCUT2D eigenvalue weighted by Gasteiger charge is 2.14.